The number of carbonyl (C=O) groups is 2. The molecule has 0 bridgehead atoms. The van der Waals surface area contributed by atoms with E-state index in [9.17, 15) is 9.59 Å². The Labute approximate surface area is 160 Å². The van der Waals surface area contributed by atoms with Crippen molar-refractivity contribution in [3.05, 3.63) is 29.8 Å². The van der Waals surface area contributed by atoms with Gasteiger partial charge < -0.3 is 19.9 Å². The van der Waals surface area contributed by atoms with Crippen LogP contribution in [-0.4, -0.2) is 72.2 Å². The van der Waals surface area contributed by atoms with Crippen molar-refractivity contribution in [1.29, 1.82) is 0 Å². The van der Waals surface area contributed by atoms with E-state index in [4.69, 9.17) is 4.74 Å². The molecule has 4 rings (SSSR count). The van der Waals surface area contributed by atoms with E-state index >= 15 is 0 Å². The molecule has 3 heterocycles. The maximum Gasteiger partial charge on any atom is 0.410 e. The lowest BCUT2D eigenvalue weighted by Crippen LogP contribution is -2.50. The van der Waals surface area contributed by atoms with Gasteiger partial charge in [0.2, 0.25) is 0 Å². The smallest absolute Gasteiger partial charge is 0.410 e. The molecule has 3 saturated heterocycles. The molecule has 7 heteroatoms. The van der Waals surface area contributed by atoms with E-state index in [2.05, 4.69) is 10.2 Å². The second-order valence-electron chi connectivity index (χ2n) is 7.65. The molecule has 3 amide bonds. The number of rotatable bonds is 4. The van der Waals surface area contributed by atoms with Crippen molar-refractivity contribution in [3.63, 3.8) is 0 Å². The number of piperidine rings is 1. The van der Waals surface area contributed by atoms with Gasteiger partial charge in [0.25, 0.3) is 0 Å². The Kier molecular flexibility index (Phi) is 5.48. The number of benzene rings is 1. The van der Waals surface area contributed by atoms with Gasteiger partial charge in [0.1, 0.15) is 6.61 Å². The molecule has 146 valence electrons. The molecule has 0 saturated carbocycles. The van der Waals surface area contributed by atoms with Gasteiger partial charge in [-0.05, 0) is 56.5 Å². The topological polar surface area (TPSA) is 65.1 Å². The number of ether oxygens (including phenoxy) is 1. The van der Waals surface area contributed by atoms with Crippen molar-refractivity contribution in [3.8, 4) is 0 Å². The minimum Gasteiger partial charge on any atom is -0.448 e. The third-order valence-electron chi connectivity index (χ3n) is 5.76. The largest absolute Gasteiger partial charge is 0.448 e. The lowest BCUT2D eigenvalue weighted by molar-refractivity contribution is 0.132. The molecule has 3 fully saturated rings. The second-order valence-corrected chi connectivity index (χ2v) is 7.65. The summed E-state index contributed by atoms with van der Waals surface area (Å²) in [6, 6.07) is 8.19. The average Bonchev–Trinajstić information content (AvgIpc) is 3.36. The molecule has 0 radical (unpaired) electrons. The molecule has 1 aromatic rings. The van der Waals surface area contributed by atoms with Gasteiger partial charge in [0.15, 0.2) is 0 Å². The highest BCUT2D eigenvalue weighted by atomic mass is 16.6. The van der Waals surface area contributed by atoms with Crippen LogP contribution in [0.3, 0.4) is 0 Å². The Bertz CT molecular complexity index is 672. The summed E-state index contributed by atoms with van der Waals surface area (Å²) in [5.74, 6) is 0. The van der Waals surface area contributed by atoms with E-state index in [1.807, 2.05) is 29.2 Å². The summed E-state index contributed by atoms with van der Waals surface area (Å²) in [5, 5.41) is 3.02. The highest BCUT2D eigenvalue weighted by Gasteiger charge is 2.29. The molecule has 1 aromatic carbocycles. The van der Waals surface area contributed by atoms with Gasteiger partial charge in [0, 0.05) is 31.4 Å². The molecular weight excluding hydrogens is 344 g/mol. The van der Waals surface area contributed by atoms with Gasteiger partial charge in [-0.25, -0.2) is 9.59 Å². The zero-order valence-corrected chi connectivity index (χ0v) is 15.7. The lowest BCUT2D eigenvalue weighted by atomic mass is 10.0. The van der Waals surface area contributed by atoms with E-state index in [0.29, 0.717) is 25.7 Å². The zero-order valence-electron chi connectivity index (χ0n) is 15.7. The van der Waals surface area contributed by atoms with Crippen molar-refractivity contribution >= 4 is 17.8 Å². The van der Waals surface area contributed by atoms with Crippen LogP contribution in [0.25, 0.3) is 0 Å². The van der Waals surface area contributed by atoms with Gasteiger partial charge in [-0.3, -0.25) is 4.90 Å². The Balaban J connectivity index is 1.30. The fourth-order valence-electron chi connectivity index (χ4n) is 4.23. The number of urea groups is 1. The summed E-state index contributed by atoms with van der Waals surface area (Å²) in [7, 11) is 0. The van der Waals surface area contributed by atoms with Crippen LogP contribution in [0.2, 0.25) is 0 Å². The fourth-order valence-corrected chi connectivity index (χ4v) is 4.23. The number of nitrogens with zero attached hydrogens (tertiary/aromatic N) is 3. The summed E-state index contributed by atoms with van der Waals surface area (Å²) in [6.45, 7) is 5.62. The van der Waals surface area contributed by atoms with Gasteiger partial charge >= 0.3 is 12.1 Å². The van der Waals surface area contributed by atoms with Crippen LogP contribution < -0.4 is 5.32 Å². The molecule has 0 aliphatic carbocycles. The van der Waals surface area contributed by atoms with Crippen LogP contribution in [0.5, 0.6) is 0 Å². The van der Waals surface area contributed by atoms with Crippen LogP contribution >= 0.6 is 0 Å². The average molecular weight is 372 g/mol. The van der Waals surface area contributed by atoms with Crippen LogP contribution in [0.4, 0.5) is 15.3 Å². The van der Waals surface area contributed by atoms with E-state index in [-0.39, 0.29) is 12.1 Å². The third-order valence-corrected chi connectivity index (χ3v) is 5.76. The highest BCUT2D eigenvalue weighted by Crippen LogP contribution is 2.21. The quantitative estimate of drug-likeness (QED) is 0.883. The molecule has 7 nitrogen and oxygen atoms in total. The van der Waals surface area contributed by atoms with Crippen LogP contribution in [0, 0.1) is 0 Å². The van der Waals surface area contributed by atoms with Gasteiger partial charge in [0.05, 0.1) is 6.54 Å². The summed E-state index contributed by atoms with van der Waals surface area (Å²) in [6.07, 6.45) is 4.57. The molecule has 3 aliphatic rings. The van der Waals surface area contributed by atoms with Gasteiger partial charge in [-0.15, -0.1) is 0 Å². The predicted octanol–water partition coefficient (Wildman–Crippen LogP) is 2.73. The van der Waals surface area contributed by atoms with E-state index < -0.39 is 0 Å². The molecule has 0 aromatic heterocycles. The predicted molar refractivity (Wildman–Crippen MR) is 103 cm³/mol. The lowest BCUT2D eigenvalue weighted by Gasteiger charge is -2.37. The Hall–Kier alpha value is -2.28. The number of amides is 3. The van der Waals surface area contributed by atoms with Gasteiger partial charge in [-0.2, -0.15) is 0 Å². The Morgan fingerprint density at radius 3 is 2.56 bits per heavy atom. The van der Waals surface area contributed by atoms with Crippen molar-refractivity contribution in [2.45, 2.75) is 38.3 Å². The number of anilines is 1. The maximum absolute atomic E-state index is 12.7. The SMILES string of the molecule is O=C(Nc1ccc(CN2CCOC2=O)cc1)N1CCCC(N2CCCC2)C1. The molecule has 27 heavy (non-hydrogen) atoms. The van der Waals surface area contributed by atoms with Crippen molar-refractivity contribution in [2.24, 2.45) is 0 Å². The zero-order chi connectivity index (χ0) is 18.6. The second kappa shape index (κ2) is 8.17. The minimum absolute atomic E-state index is 0.0187. The summed E-state index contributed by atoms with van der Waals surface area (Å²) < 4.78 is 4.95. The summed E-state index contributed by atoms with van der Waals surface area (Å²) in [5.41, 5.74) is 1.81. The van der Waals surface area contributed by atoms with E-state index in [1.54, 1.807) is 4.90 Å². The maximum atomic E-state index is 12.7. The van der Waals surface area contributed by atoms with E-state index in [0.717, 1.165) is 30.8 Å². The van der Waals surface area contributed by atoms with Crippen molar-refractivity contribution < 1.29 is 14.3 Å². The molecule has 1 unspecified atom stereocenters. The number of hydrogen-bond donors (Lipinski definition) is 1. The minimum atomic E-state index is -0.259. The summed E-state index contributed by atoms with van der Waals surface area (Å²) >= 11 is 0. The first-order chi connectivity index (χ1) is 13.2. The molecule has 0 spiro atoms. The molecule has 1 atom stereocenters. The number of likely N-dealkylation sites (tertiary alicyclic amines) is 2. The number of carbonyl (C=O) groups excluding carboxylic acids is 2. The monoisotopic (exact) mass is 372 g/mol. The fraction of sp³-hybridized carbons (Fsp3) is 0.600. The number of hydrogen-bond acceptors (Lipinski definition) is 4. The standard InChI is InChI=1S/C20H28N4O3/c25-19(23-11-3-4-18(15-23)22-9-1-2-10-22)21-17-7-5-16(6-8-17)14-24-12-13-27-20(24)26/h5-8,18H,1-4,9-15H2,(H,21,25). The number of cyclic esters (lactones) is 1. The summed E-state index contributed by atoms with van der Waals surface area (Å²) in [4.78, 5) is 30.4. The first-order valence-electron chi connectivity index (χ1n) is 10.00. The van der Waals surface area contributed by atoms with Gasteiger partial charge in [-0.1, -0.05) is 12.1 Å². The number of nitrogens with one attached hydrogen (secondary N) is 1. The van der Waals surface area contributed by atoms with Crippen LogP contribution in [0.1, 0.15) is 31.2 Å². The molecule has 1 N–H and O–H groups in total. The highest BCUT2D eigenvalue weighted by molar-refractivity contribution is 5.89. The first kappa shape index (κ1) is 18.1. The van der Waals surface area contributed by atoms with Crippen LogP contribution in [-0.2, 0) is 11.3 Å². The van der Waals surface area contributed by atoms with Crippen molar-refractivity contribution in [2.75, 3.05) is 44.6 Å². The molecular formula is C20H28N4O3. The van der Waals surface area contributed by atoms with Crippen molar-refractivity contribution in [1.82, 2.24) is 14.7 Å². The first-order valence-corrected chi connectivity index (χ1v) is 10.00. The van der Waals surface area contributed by atoms with E-state index in [1.165, 1.54) is 32.4 Å². The Morgan fingerprint density at radius 1 is 1.07 bits per heavy atom. The Morgan fingerprint density at radius 2 is 1.85 bits per heavy atom. The molecule has 3 aliphatic heterocycles. The third kappa shape index (κ3) is 4.35. The normalized spacial score (nSPS) is 23.6. The van der Waals surface area contributed by atoms with Crippen LogP contribution in [0.15, 0.2) is 24.3 Å².